The highest BCUT2D eigenvalue weighted by Gasteiger charge is 2.49. The van der Waals surface area contributed by atoms with Gasteiger partial charge in [0.1, 0.15) is 0 Å². The maximum atomic E-state index is 2.49. The van der Waals surface area contributed by atoms with Crippen molar-refractivity contribution in [3.05, 3.63) is 0 Å². The van der Waals surface area contributed by atoms with Crippen LogP contribution in [0.3, 0.4) is 0 Å². The van der Waals surface area contributed by atoms with Crippen LogP contribution in [0.1, 0.15) is 19.3 Å². The molecule has 11 heavy (non-hydrogen) atoms. The van der Waals surface area contributed by atoms with E-state index in [1.54, 1.807) is 0 Å². The zero-order valence-corrected chi connectivity index (χ0v) is 9.57. The molecule has 0 aromatic heterocycles. The van der Waals surface area contributed by atoms with Crippen LogP contribution in [-0.2, 0) is 0 Å². The van der Waals surface area contributed by atoms with E-state index in [0.717, 1.165) is 0 Å². The number of rotatable bonds is 2. The van der Waals surface area contributed by atoms with Crippen molar-refractivity contribution in [2.45, 2.75) is 44.1 Å². The molecule has 0 aromatic rings. The summed E-state index contributed by atoms with van der Waals surface area (Å²) in [7, 11) is 3.53. The van der Waals surface area contributed by atoms with Crippen molar-refractivity contribution in [1.82, 2.24) is 4.90 Å². The van der Waals surface area contributed by atoms with Gasteiger partial charge in [0.05, 0.1) is 8.07 Å². The van der Waals surface area contributed by atoms with Crippen molar-refractivity contribution in [3.8, 4) is 0 Å². The van der Waals surface area contributed by atoms with Gasteiger partial charge in [0.15, 0.2) is 0 Å². The third kappa shape index (κ3) is 1.27. The van der Waals surface area contributed by atoms with Crippen LogP contribution in [0.15, 0.2) is 0 Å². The second kappa shape index (κ2) is 2.59. The third-order valence-corrected chi connectivity index (χ3v) is 7.17. The summed E-state index contributed by atoms with van der Waals surface area (Å²) in [5.74, 6) is 0. The first kappa shape index (κ1) is 9.27. The first-order chi connectivity index (χ1) is 4.90. The van der Waals surface area contributed by atoms with Gasteiger partial charge < -0.3 is 4.90 Å². The standard InChI is InChI=1S/C9H21NSi/c1-10(2)9(7-6-8-9)11(3,4)5/h6-8H2,1-5H3. The molecule has 0 saturated heterocycles. The summed E-state index contributed by atoms with van der Waals surface area (Å²) in [5.41, 5.74) is 0. The normalized spacial score (nSPS) is 23.5. The molecule has 1 saturated carbocycles. The maximum Gasteiger partial charge on any atom is 0.0677 e. The van der Waals surface area contributed by atoms with Gasteiger partial charge in [-0.25, -0.2) is 0 Å². The van der Waals surface area contributed by atoms with E-state index < -0.39 is 8.07 Å². The Balaban J connectivity index is 2.76. The lowest BCUT2D eigenvalue weighted by atomic mass is 9.91. The molecule has 1 rings (SSSR count). The van der Waals surface area contributed by atoms with Crippen molar-refractivity contribution in [2.24, 2.45) is 0 Å². The van der Waals surface area contributed by atoms with Gasteiger partial charge in [0.2, 0.25) is 0 Å². The van der Waals surface area contributed by atoms with Crippen molar-refractivity contribution in [3.63, 3.8) is 0 Å². The Morgan fingerprint density at radius 2 is 1.55 bits per heavy atom. The van der Waals surface area contributed by atoms with Gasteiger partial charge in [-0.15, -0.1) is 0 Å². The minimum Gasteiger partial charge on any atom is -0.306 e. The van der Waals surface area contributed by atoms with E-state index in [1.807, 2.05) is 0 Å². The SMILES string of the molecule is CN(C)C1([Si](C)(C)C)CCC1. The summed E-state index contributed by atoms with van der Waals surface area (Å²) in [6.07, 6.45) is 4.33. The molecule has 0 radical (unpaired) electrons. The fraction of sp³-hybridized carbons (Fsp3) is 1.00. The van der Waals surface area contributed by atoms with Crippen LogP contribution in [0.25, 0.3) is 0 Å². The van der Waals surface area contributed by atoms with Crippen LogP contribution in [0.4, 0.5) is 0 Å². The molecule has 2 heteroatoms. The minimum absolute atomic E-state index is 0.632. The van der Waals surface area contributed by atoms with Crippen LogP contribution < -0.4 is 0 Å². The molecular formula is C9H21NSi. The Labute approximate surface area is 71.8 Å². The monoisotopic (exact) mass is 171 g/mol. The average molecular weight is 171 g/mol. The lowest BCUT2D eigenvalue weighted by molar-refractivity contribution is 0.135. The molecule has 66 valence electrons. The van der Waals surface area contributed by atoms with Gasteiger partial charge in [0.25, 0.3) is 0 Å². The predicted molar refractivity (Wildman–Crippen MR) is 53.6 cm³/mol. The van der Waals surface area contributed by atoms with E-state index >= 15 is 0 Å². The molecule has 0 N–H and O–H groups in total. The lowest BCUT2D eigenvalue weighted by Crippen LogP contribution is -2.65. The third-order valence-electron chi connectivity index (χ3n) is 3.43. The zero-order chi connectivity index (χ0) is 8.70. The van der Waals surface area contributed by atoms with E-state index in [0.29, 0.717) is 5.16 Å². The van der Waals surface area contributed by atoms with E-state index in [2.05, 4.69) is 38.6 Å². The first-order valence-corrected chi connectivity index (χ1v) is 8.08. The molecule has 0 unspecified atom stereocenters. The zero-order valence-electron chi connectivity index (χ0n) is 8.57. The van der Waals surface area contributed by atoms with Gasteiger partial charge >= 0.3 is 0 Å². The average Bonchev–Trinajstić information content (AvgIpc) is 1.52. The molecule has 1 fully saturated rings. The predicted octanol–water partition coefficient (Wildman–Crippen LogP) is 2.35. The summed E-state index contributed by atoms with van der Waals surface area (Å²) >= 11 is 0. The Morgan fingerprint density at radius 1 is 1.09 bits per heavy atom. The second-order valence-corrected chi connectivity index (χ2v) is 10.5. The molecule has 1 aliphatic carbocycles. The Kier molecular flexibility index (Phi) is 2.19. The molecule has 0 bridgehead atoms. The number of hydrogen-bond acceptors (Lipinski definition) is 1. The summed E-state index contributed by atoms with van der Waals surface area (Å²) in [6.45, 7) is 7.48. The molecule has 1 aliphatic rings. The van der Waals surface area contributed by atoms with Gasteiger partial charge in [-0.05, 0) is 26.9 Å². The Hall–Kier alpha value is 0.177. The maximum absolute atomic E-state index is 2.49. The molecule has 0 aliphatic heterocycles. The van der Waals surface area contributed by atoms with E-state index in [4.69, 9.17) is 0 Å². The van der Waals surface area contributed by atoms with Crippen LogP contribution >= 0.6 is 0 Å². The molecular weight excluding hydrogens is 150 g/mol. The summed E-state index contributed by atoms with van der Waals surface area (Å²) < 4.78 is 0. The number of hydrogen-bond donors (Lipinski definition) is 0. The lowest BCUT2D eigenvalue weighted by Gasteiger charge is -2.55. The second-order valence-electron chi connectivity index (χ2n) is 5.03. The van der Waals surface area contributed by atoms with E-state index in [9.17, 15) is 0 Å². The molecule has 0 aromatic carbocycles. The van der Waals surface area contributed by atoms with Gasteiger partial charge in [-0.1, -0.05) is 26.1 Å². The highest BCUT2D eigenvalue weighted by Crippen LogP contribution is 2.43. The number of nitrogens with zero attached hydrogens (tertiary/aromatic N) is 1. The summed E-state index contributed by atoms with van der Waals surface area (Å²) in [4.78, 5) is 2.47. The van der Waals surface area contributed by atoms with Crippen LogP contribution in [0.2, 0.25) is 19.6 Å². The quantitative estimate of drug-likeness (QED) is 0.577. The highest BCUT2D eigenvalue weighted by atomic mass is 28.3. The smallest absolute Gasteiger partial charge is 0.0677 e. The van der Waals surface area contributed by atoms with Crippen molar-refractivity contribution >= 4 is 8.07 Å². The fourth-order valence-corrected chi connectivity index (χ4v) is 5.57. The van der Waals surface area contributed by atoms with E-state index in [1.165, 1.54) is 19.3 Å². The highest BCUT2D eigenvalue weighted by molar-refractivity contribution is 6.79. The van der Waals surface area contributed by atoms with Crippen molar-refractivity contribution in [2.75, 3.05) is 14.1 Å². The molecule has 0 atom stereocenters. The van der Waals surface area contributed by atoms with Crippen LogP contribution in [-0.4, -0.2) is 32.2 Å². The van der Waals surface area contributed by atoms with E-state index in [-0.39, 0.29) is 0 Å². The molecule has 0 heterocycles. The van der Waals surface area contributed by atoms with Crippen molar-refractivity contribution < 1.29 is 0 Å². The fourth-order valence-electron chi connectivity index (χ4n) is 2.38. The molecule has 1 nitrogen and oxygen atoms in total. The summed E-state index contributed by atoms with van der Waals surface area (Å²) in [6, 6.07) is 0. The topological polar surface area (TPSA) is 3.24 Å². The van der Waals surface area contributed by atoms with Crippen LogP contribution in [0, 0.1) is 0 Å². The van der Waals surface area contributed by atoms with Gasteiger partial charge in [-0.3, -0.25) is 0 Å². The van der Waals surface area contributed by atoms with Gasteiger partial charge in [-0.2, -0.15) is 0 Å². The van der Waals surface area contributed by atoms with Crippen LogP contribution in [0.5, 0.6) is 0 Å². The molecule has 0 spiro atoms. The summed E-state index contributed by atoms with van der Waals surface area (Å²) in [5, 5.41) is 0.632. The first-order valence-electron chi connectivity index (χ1n) is 4.58. The Morgan fingerprint density at radius 3 is 1.55 bits per heavy atom. The largest absolute Gasteiger partial charge is 0.306 e. The Bertz CT molecular complexity index is 142. The minimum atomic E-state index is -0.961. The van der Waals surface area contributed by atoms with Crippen molar-refractivity contribution in [1.29, 1.82) is 0 Å². The molecule has 0 amide bonds. The van der Waals surface area contributed by atoms with Gasteiger partial charge in [0, 0.05) is 5.16 Å².